The predicted molar refractivity (Wildman–Crippen MR) is 64.6 cm³/mol. The fourth-order valence-corrected chi connectivity index (χ4v) is 2.63. The summed E-state index contributed by atoms with van der Waals surface area (Å²) in [6.45, 7) is 1.11. The van der Waals surface area contributed by atoms with E-state index in [1.54, 1.807) is 0 Å². The van der Waals surface area contributed by atoms with Crippen LogP contribution in [0.25, 0.3) is 0 Å². The monoisotopic (exact) mass is 307 g/mol. The molecule has 1 fully saturated rings. The third-order valence-electron chi connectivity index (χ3n) is 2.33. The molecule has 1 N–H and O–H groups in total. The summed E-state index contributed by atoms with van der Waals surface area (Å²) in [5.41, 5.74) is 1.31. The predicted octanol–water partition coefficient (Wildman–Crippen LogP) is 3.18. The van der Waals surface area contributed by atoms with Crippen LogP contribution in [0.2, 0.25) is 5.02 Å². The van der Waals surface area contributed by atoms with E-state index in [1.165, 1.54) is 12.0 Å². The van der Waals surface area contributed by atoms with Crippen LogP contribution < -0.4 is 5.32 Å². The number of nitrogens with one attached hydrogen (secondary N) is 1. The summed E-state index contributed by atoms with van der Waals surface area (Å²) in [5, 5.41) is 4.31. The third kappa shape index (κ3) is 2.36. The average Bonchev–Trinajstić information content (AvgIpc) is 2.52. The molecule has 1 aliphatic heterocycles. The number of benzene rings is 1. The van der Waals surface area contributed by atoms with E-state index >= 15 is 0 Å². The van der Waals surface area contributed by atoms with Gasteiger partial charge in [-0.15, -0.1) is 0 Å². The van der Waals surface area contributed by atoms with Crippen molar-refractivity contribution in [2.45, 2.75) is 16.4 Å². The van der Waals surface area contributed by atoms with Gasteiger partial charge in [-0.1, -0.05) is 46.3 Å². The van der Waals surface area contributed by atoms with Crippen molar-refractivity contribution in [1.82, 2.24) is 5.32 Å². The Morgan fingerprint density at radius 1 is 1.46 bits per heavy atom. The smallest absolute Gasteiger partial charge is 0.0409 e. The summed E-state index contributed by atoms with van der Waals surface area (Å²) in [4.78, 5) is 0. The second-order valence-electron chi connectivity index (χ2n) is 3.35. The third-order valence-corrected chi connectivity index (χ3v) is 3.51. The van der Waals surface area contributed by atoms with Crippen LogP contribution in [-0.4, -0.2) is 10.5 Å². The highest BCUT2D eigenvalue weighted by molar-refractivity contribution is 14.1. The van der Waals surface area contributed by atoms with Crippen molar-refractivity contribution in [2.75, 3.05) is 6.54 Å². The van der Waals surface area contributed by atoms with E-state index in [-0.39, 0.29) is 0 Å². The highest BCUT2D eigenvalue weighted by Gasteiger charge is 2.22. The van der Waals surface area contributed by atoms with E-state index in [0.717, 1.165) is 15.5 Å². The maximum Gasteiger partial charge on any atom is 0.0409 e. The summed E-state index contributed by atoms with van der Waals surface area (Å²) in [5.74, 6) is 0. The Morgan fingerprint density at radius 2 is 2.31 bits per heavy atom. The van der Waals surface area contributed by atoms with Gasteiger partial charge < -0.3 is 5.32 Å². The Labute approximate surface area is 97.0 Å². The van der Waals surface area contributed by atoms with Crippen molar-refractivity contribution in [3.8, 4) is 0 Å². The molecule has 2 unspecified atom stereocenters. The summed E-state index contributed by atoms with van der Waals surface area (Å²) in [6, 6.07) is 8.62. The van der Waals surface area contributed by atoms with Crippen molar-refractivity contribution in [3.63, 3.8) is 0 Å². The number of rotatable bonds is 1. The molecule has 70 valence electrons. The molecule has 0 amide bonds. The normalized spacial score (nSPS) is 27.8. The first-order valence-corrected chi connectivity index (χ1v) is 6.01. The second kappa shape index (κ2) is 4.15. The minimum absolute atomic E-state index is 0.501. The first kappa shape index (κ1) is 9.74. The molecule has 13 heavy (non-hydrogen) atoms. The van der Waals surface area contributed by atoms with Gasteiger partial charge in [0.2, 0.25) is 0 Å². The zero-order valence-corrected chi connectivity index (χ0v) is 10.0. The zero-order chi connectivity index (χ0) is 9.26. The van der Waals surface area contributed by atoms with E-state index in [1.807, 2.05) is 18.2 Å². The van der Waals surface area contributed by atoms with Crippen LogP contribution in [0.4, 0.5) is 0 Å². The van der Waals surface area contributed by atoms with Crippen molar-refractivity contribution in [1.29, 1.82) is 0 Å². The molecule has 0 aromatic heterocycles. The highest BCUT2D eigenvalue weighted by atomic mass is 127. The lowest BCUT2D eigenvalue weighted by Gasteiger charge is -2.10. The summed E-state index contributed by atoms with van der Waals surface area (Å²) >= 11 is 8.42. The molecule has 2 rings (SSSR count). The van der Waals surface area contributed by atoms with Crippen LogP contribution in [0.1, 0.15) is 18.0 Å². The largest absolute Gasteiger partial charge is 0.309 e. The Kier molecular flexibility index (Phi) is 3.11. The van der Waals surface area contributed by atoms with Crippen LogP contribution >= 0.6 is 34.2 Å². The van der Waals surface area contributed by atoms with Gasteiger partial charge in [0.15, 0.2) is 0 Å². The zero-order valence-electron chi connectivity index (χ0n) is 7.13. The molecule has 1 heterocycles. The van der Waals surface area contributed by atoms with Crippen LogP contribution in [0.15, 0.2) is 24.3 Å². The molecule has 1 aliphatic rings. The van der Waals surface area contributed by atoms with Gasteiger partial charge in [-0.25, -0.2) is 0 Å². The van der Waals surface area contributed by atoms with E-state index in [9.17, 15) is 0 Å². The SMILES string of the molecule is Clc1cccc(C2CC(I)CN2)c1. The van der Waals surface area contributed by atoms with Crippen molar-refractivity contribution >= 4 is 34.2 Å². The quantitative estimate of drug-likeness (QED) is 0.621. The first-order valence-electron chi connectivity index (χ1n) is 4.38. The molecule has 0 radical (unpaired) electrons. The first-order chi connectivity index (χ1) is 6.25. The van der Waals surface area contributed by atoms with Crippen LogP contribution in [0.5, 0.6) is 0 Å². The number of hydrogen-bond acceptors (Lipinski definition) is 1. The van der Waals surface area contributed by atoms with Crippen LogP contribution in [0, 0.1) is 0 Å². The van der Waals surface area contributed by atoms with Crippen molar-refractivity contribution in [3.05, 3.63) is 34.9 Å². The molecule has 1 saturated heterocycles. The molecule has 1 aromatic carbocycles. The average molecular weight is 308 g/mol. The van der Waals surface area contributed by atoms with E-state index in [0.29, 0.717) is 6.04 Å². The van der Waals surface area contributed by atoms with E-state index in [4.69, 9.17) is 11.6 Å². The lowest BCUT2D eigenvalue weighted by atomic mass is 10.1. The lowest BCUT2D eigenvalue weighted by molar-refractivity contribution is 0.649. The molecule has 0 bridgehead atoms. The Morgan fingerprint density at radius 3 is 2.92 bits per heavy atom. The van der Waals surface area contributed by atoms with Gasteiger partial charge in [0.1, 0.15) is 0 Å². The maximum atomic E-state index is 5.93. The summed E-state index contributed by atoms with van der Waals surface area (Å²) in [6.07, 6.45) is 1.21. The molecule has 0 aliphatic carbocycles. The fourth-order valence-electron chi connectivity index (χ4n) is 1.67. The highest BCUT2D eigenvalue weighted by Crippen LogP contribution is 2.28. The van der Waals surface area contributed by atoms with Crippen molar-refractivity contribution < 1.29 is 0 Å². The molecule has 3 heteroatoms. The van der Waals surface area contributed by atoms with Gasteiger partial charge in [-0.05, 0) is 24.1 Å². The number of hydrogen-bond donors (Lipinski definition) is 1. The van der Waals surface area contributed by atoms with E-state index in [2.05, 4.69) is 34.0 Å². The van der Waals surface area contributed by atoms with E-state index < -0.39 is 0 Å². The van der Waals surface area contributed by atoms with Gasteiger partial charge in [0.05, 0.1) is 0 Å². The van der Waals surface area contributed by atoms with Crippen molar-refractivity contribution in [2.24, 2.45) is 0 Å². The molecule has 0 spiro atoms. The molecular formula is C10H11ClIN. The minimum Gasteiger partial charge on any atom is -0.309 e. The van der Waals surface area contributed by atoms with Gasteiger partial charge in [0, 0.05) is 21.5 Å². The molecule has 1 nitrogen and oxygen atoms in total. The molecule has 2 atom stereocenters. The lowest BCUT2D eigenvalue weighted by Crippen LogP contribution is -2.13. The minimum atomic E-state index is 0.501. The second-order valence-corrected chi connectivity index (χ2v) is 5.55. The van der Waals surface area contributed by atoms with Gasteiger partial charge >= 0.3 is 0 Å². The van der Waals surface area contributed by atoms with Crippen LogP contribution in [-0.2, 0) is 0 Å². The Balaban J connectivity index is 2.16. The summed E-state index contributed by atoms with van der Waals surface area (Å²) in [7, 11) is 0. The maximum absolute atomic E-state index is 5.93. The summed E-state index contributed by atoms with van der Waals surface area (Å²) < 4.78 is 0.751. The standard InChI is InChI=1S/C10H11ClIN/c11-8-3-1-2-7(4-8)10-5-9(12)6-13-10/h1-4,9-10,13H,5-6H2. The topological polar surface area (TPSA) is 12.0 Å². The molecular weight excluding hydrogens is 296 g/mol. The van der Waals surface area contributed by atoms with Gasteiger partial charge in [-0.3, -0.25) is 0 Å². The number of alkyl halides is 1. The Bertz CT molecular complexity index is 303. The van der Waals surface area contributed by atoms with Gasteiger partial charge in [-0.2, -0.15) is 0 Å². The fraction of sp³-hybridized carbons (Fsp3) is 0.400. The van der Waals surface area contributed by atoms with Gasteiger partial charge in [0.25, 0.3) is 0 Å². The molecule has 0 saturated carbocycles. The Hall–Kier alpha value is 0.200. The molecule has 1 aromatic rings. The van der Waals surface area contributed by atoms with Crippen LogP contribution in [0.3, 0.4) is 0 Å². The number of halogens is 2.